The molecule has 0 saturated heterocycles. The van der Waals surface area contributed by atoms with E-state index in [1.54, 1.807) is 0 Å². The molecule has 1 aliphatic rings. The van der Waals surface area contributed by atoms with Gasteiger partial charge in [0, 0.05) is 19.3 Å². The Morgan fingerprint density at radius 3 is 3.06 bits per heavy atom. The van der Waals surface area contributed by atoms with Gasteiger partial charge in [0.1, 0.15) is 0 Å². The second kappa shape index (κ2) is 6.20. The Bertz CT molecular complexity index is 332. The molecule has 17 heavy (non-hydrogen) atoms. The lowest BCUT2D eigenvalue weighted by molar-refractivity contribution is 0.389. The third kappa shape index (κ3) is 3.32. The Kier molecular flexibility index (Phi) is 4.60. The Labute approximate surface area is 105 Å². The predicted octanol–water partition coefficient (Wildman–Crippen LogP) is 2.82. The molecule has 0 aromatic carbocycles. The van der Waals surface area contributed by atoms with Crippen molar-refractivity contribution in [1.82, 2.24) is 14.9 Å². The van der Waals surface area contributed by atoms with Gasteiger partial charge in [0.05, 0.1) is 12.0 Å². The first-order chi connectivity index (χ1) is 8.31. The summed E-state index contributed by atoms with van der Waals surface area (Å²) in [6.07, 6.45) is 9.34. The smallest absolute Gasteiger partial charge is 0.0948 e. The van der Waals surface area contributed by atoms with Crippen LogP contribution in [0.5, 0.6) is 0 Å². The molecular formula is C14H25N3. The van der Waals surface area contributed by atoms with Gasteiger partial charge in [-0.2, -0.15) is 0 Å². The topological polar surface area (TPSA) is 29.9 Å². The predicted molar refractivity (Wildman–Crippen MR) is 70.7 cm³/mol. The number of rotatable bonds is 6. The molecule has 2 rings (SSSR count). The van der Waals surface area contributed by atoms with Crippen LogP contribution < -0.4 is 5.32 Å². The minimum Gasteiger partial charge on any atom is -0.333 e. The van der Waals surface area contributed by atoms with Gasteiger partial charge in [-0.05, 0) is 31.2 Å². The first-order valence-electron chi connectivity index (χ1n) is 7.01. The van der Waals surface area contributed by atoms with Crippen molar-refractivity contribution in [2.24, 2.45) is 11.8 Å². The van der Waals surface area contributed by atoms with Gasteiger partial charge in [0.2, 0.25) is 0 Å². The van der Waals surface area contributed by atoms with Crippen molar-refractivity contribution in [3.8, 4) is 0 Å². The van der Waals surface area contributed by atoms with Crippen LogP contribution in [0.2, 0.25) is 0 Å². The fraction of sp³-hybridized carbons (Fsp3) is 0.786. The van der Waals surface area contributed by atoms with E-state index < -0.39 is 0 Å². The van der Waals surface area contributed by atoms with Gasteiger partial charge in [-0.3, -0.25) is 0 Å². The van der Waals surface area contributed by atoms with E-state index in [4.69, 9.17) is 0 Å². The molecule has 2 unspecified atom stereocenters. The number of nitrogens with one attached hydrogen (secondary N) is 1. The highest BCUT2D eigenvalue weighted by Crippen LogP contribution is 2.30. The van der Waals surface area contributed by atoms with Crippen LogP contribution in [-0.2, 0) is 13.1 Å². The zero-order valence-electron chi connectivity index (χ0n) is 11.2. The molecule has 1 aromatic heterocycles. The van der Waals surface area contributed by atoms with Crippen molar-refractivity contribution < 1.29 is 0 Å². The number of aryl methyl sites for hydroxylation is 1. The molecule has 0 bridgehead atoms. The summed E-state index contributed by atoms with van der Waals surface area (Å²) in [5.74, 6) is 1.79. The zero-order valence-corrected chi connectivity index (χ0v) is 11.2. The Hall–Kier alpha value is -0.830. The molecule has 1 N–H and O–H groups in total. The summed E-state index contributed by atoms with van der Waals surface area (Å²) in [4.78, 5) is 4.23. The molecule has 96 valence electrons. The average molecular weight is 235 g/mol. The number of hydrogen-bond acceptors (Lipinski definition) is 2. The van der Waals surface area contributed by atoms with Crippen molar-refractivity contribution in [2.45, 2.75) is 52.6 Å². The lowest BCUT2D eigenvalue weighted by Gasteiger charge is -2.16. The monoisotopic (exact) mass is 235 g/mol. The summed E-state index contributed by atoms with van der Waals surface area (Å²) < 4.78 is 2.26. The molecule has 0 radical (unpaired) electrons. The Balaban J connectivity index is 1.75. The van der Waals surface area contributed by atoms with Crippen LogP contribution in [-0.4, -0.2) is 16.1 Å². The molecule has 1 heterocycles. The van der Waals surface area contributed by atoms with Gasteiger partial charge in [-0.25, -0.2) is 4.98 Å². The van der Waals surface area contributed by atoms with E-state index >= 15 is 0 Å². The van der Waals surface area contributed by atoms with E-state index in [9.17, 15) is 0 Å². The summed E-state index contributed by atoms with van der Waals surface area (Å²) in [6.45, 7) is 7.80. The number of hydrogen-bond donors (Lipinski definition) is 1. The van der Waals surface area contributed by atoms with Gasteiger partial charge in [0.15, 0.2) is 0 Å². The number of aromatic nitrogens is 2. The molecule has 0 aliphatic heterocycles. The maximum atomic E-state index is 4.23. The molecule has 1 saturated carbocycles. The minimum absolute atomic E-state index is 0.887. The third-order valence-electron chi connectivity index (χ3n) is 4.01. The van der Waals surface area contributed by atoms with Crippen molar-refractivity contribution in [2.75, 3.05) is 6.54 Å². The van der Waals surface area contributed by atoms with Crippen LogP contribution in [0.4, 0.5) is 0 Å². The molecular weight excluding hydrogens is 210 g/mol. The second-order valence-corrected chi connectivity index (χ2v) is 5.38. The third-order valence-corrected chi connectivity index (χ3v) is 4.01. The molecule has 1 aliphatic carbocycles. The summed E-state index contributed by atoms with van der Waals surface area (Å²) >= 11 is 0. The maximum Gasteiger partial charge on any atom is 0.0948 e. The highest BCUT2D eigenvalue weighted by atomic mass is 15.1. The highest BCUT2D eigenvalue weighted by Gasteiger charge is 2.22. The molecule has 0 amide bonds. The normalized spacial score (nSPS) is 24.4. The van der Waals surface area contributed by atoms with Gasteiger partial charge < -0.3 is 9.88 Å². The first kappa shape index (κ1) is 12.6. The lowest BCUT2D eigenvalue weighted by Crippen LogP contribution is -2.25. The van der Waals surface area contributed by atoms with E-state index in [1.165, 1.54) is 37.9 Å². The van der Waals surface area contributed by atoms with Crippen molar-refractivity contribution >= 4 is 0 Å². The Morgan fingerprint density at radius 2 is 2.35 bits per heavy atom. The summed E-state index contributed by atoms with van der Waals surface area (Å²) in [7, 11) is 0. The Morgan fingerprint density at radius 1 is 1.47 bits per heavy atom. The van der Waals surface area contributed by atoms with Crippen molar-refractivity contribution in [3.63, 3.8) is 0 Å². The van der Waals surface area contributed by atoms with Gasteiger partial charge in [0.25, 0.3) is 0 Å². The largest absolute Gasteiger partial charge is 0.333 e. The van der Waals surface area contributed by atoms with E-state index in [-0.39, 0.29) is 0 Å². The molecule has 3 heteroatoms. The quantitative estimate of drug-likeness (QED) is 0.821. The van der Waals surface area contributed by atoms with Crippen LogP contribution in [0.25, 0.3) is 0 Å². The van der Waals surface area contributed by atoms with E-state index in [1.807, 2.05) is 12.5 Å². The van der Waals surface area contributed by atoms with Crippen molar-refractivity contribution in [3.05, 3.63) is 18.2 Å². The molecule has 2 atom stereocenters. The zero-order chi connectivity index (χ0) is 12.1. The van der Waals surface area contributed by atoms with E-state index in [0.29, 0.717) is 0 Å². The highest BCUT2D eigenvalue weighted by molar-refractivity contribution is 4.98. The standard InChI is InChI=1S/C14H25N3/c1-3-7-17-11-16-10-14(17)9-15-8-13-6-4-5-12(13)2/h10-13,15H,3-9H2,1-2H3. The van der Waals surface area contributed by atoms with Gasteiger partial charge in [-0.1, -0.05) is 26.7 Å². The van der Waals surface area contributed by atoms with E-state index in [2.05, 4.69) is 28.7 Å². The van der Waals surface area contributed by atoms with Crippen LogP contribution >= 0.6 is 0 Å². The fourth-order valence-electron chi connectivity index (χ4n) is 2.85. The van der Waals surface area contributed by atoms with Gasteiger partial charge >= 0.3 is 0 Å². The van der Waals surface area contributed by atoms with Crippen LogP contribution in [0.1, 0.15) is 45.2 Å². The van der Waals surface area contributed by atoms with Crippen LogP contribution in [0, 0.1) is 11.8 Å². The van der Waals surface area contributed by atoms with Gasteiger partial charge in [-0.15, -0.1) is 0 Å². The SMILES string of the molecule is CCCn1cncc1CNCC1CCCC1C. The number of nitrogens with zero attached hydrogens (tertiary/aromatic N) is 2. The summed E-state index contributed by atoms with van der Waals surface area (Å²) in [6, 6.07) is 0. The first-order valence-corrected chi connectivity index (χ1v) is 7.01. The number of imidazole rings is 1. The second-order valence-electron chi connectivity index (χ2n) is 5.38. The lowest BCUT2D eigenvalue weighted by atomic mass is 9.98. The summed E-state index contributed by atoms with van der Waals surface area (Å²) in [5, 5.41) is 3.60. The fourth-order valence-corrected chi connectivity index (χ4v) is 2.85. The molecule has 1 aromatic rings. The maximum absolute atomic E-state index is 4.23. The minimum atomic E-state index is 0.887. The molecule has 1 fully saturated rings. The van der Waals surface area contributed by atoms with Crippen molar-refractivity contribution in [1.29, 1.82) is 0 Å². The average Bonchev–Trinajstić information content (AvgIpc) is 2.90. The molecule has 3 nitrogen and oxygen atoms in total. The van der Waals surface area contributed by atoms with E-state index in [0.717, 1.165) is 24.9 Å². The van der Waals surface area contributed by atoms with Crippen LogP contribution in [0.15, 0.2) is 12.5 Å². The summed E-state index contributed by atoms with van der Waals surface area (Å²) in [5.41, 5.74) is 1.32. The van der Waals surface area contributed by atoms with Crippen LogP contribution in [0.3, 0.4) is 0 Å². The molecule has 0 spiro atoms.